The highest BCUT2D eigenvalue weighted by Gasteiger charge is 2.34. The smallest absolute Gasteiger partial charge is 0.333 e. The SMILES string of the molecule is CC1=C(CC/C(C)=C/CCC2=CCC(C3=CC(=O)OC3O)OC2O)C(C)(C)CCC1=O. The number of cyclic esters (lactones) is 1. The Labute approximate surface area is 184 Å². The largest absolute Gasteiger partial charge is 0.429 e. The van der Waals surface area contributed by atoms with Crippen molar-refractivity contribution in [1.29, 1.82) is 0 Å². The lowest BCUT2D eigenvalue weighted by Crippen LogP contribution is -2.32. The van der Waals surface area contributed by atoms with Crippen molar-refractivity contribution in [1.82, 2.24) is 0 Å². The second-order valence-corrected chi connectivity index (χ2v) is 9.43. The molecule has 0 saturated heterocycles. The number of aliphatic hydroxyl groups excluding tert-OH is 2. The van der Waals surface area contributed by atoms with Crippen molar-refractivity contribution in [3.8, 4) is 0 Å². The number of allylic oxidation sites excluding steroid dienone is 4. The second kappa shape index (κ2) is 9.63. The first kappa shape index (κ1) is 23.6. The summed E-state index contributed by atoms with van der Waals surface area (Å²) in [4.78, 5) is 23.4. The van der Waals surface area contributed by atoms with E-state index in [-0.39, 0.29) is 11.2 Å². The van der Waals surface area contributed by atoms with E-state index in [9.17, 15) is 19.8 Å². The molecule has 0 aromatic rings. The van der Waals surface area contributed by atoms with Gasteiger partial charge in [0.15, 0.2) is 12.1 Å². The standard InChI is InChI=1S/C25H34O6/c1-15(8-10-19-16(2)20(26)12-13-25(19,3)4)6-5-7-17-9-11-21(30-23(17)28)18-14-22(27)31-24(18)29/h6,9,14,21,23-24,28-29H,5,7-8,10-13H2,1-4H3/b15-6+. The van der Waals surface area contributed by atoms with Gasteiger partial charge in [-0.15, -0.1) is 0 Å². The van der Waals surface area contributed by atoms with Gasteiger partial charge in [-0.3, -0.25) is 4.79 Å². The van der Waals surface area contributed by atoms with E-state index in [2.05, 4.69) is 31.6 Å². The number of carbonyl (C=O) groups is 2. The normalized spacial score (nSPS) is 29.1. The number of Topliss-reactive ketones (excluding diaryl/α,β-unsaturated/α-hetero) is 1. The average molecular weight is 431 g/mol. The molecule has 0 fully saturated rings. The van der Waals surface area contributed by atoms with E-state index in [0.717, 1.165) is 36.8 Å². The predicted molar refractivity (Wildman–Crippen MR) is 117 cm³/mol. The molecule has 170 valence electrons. The zero-order valence-electron chi connectivity index (χ0n) is 18.9. The molecule has 6 heteroatoms. The summed E-state index contributed by atoms with van der Waals surface area (Å²) >= 11 is 0. The molecule has 0 aromatic heterocycles. The molecule has 0 radical (unpaired) electrons. The minimum absolute atomic E-state index is 0.0845. The molecule has 31 heavy (non-hydrogen) atoms. The molecule has 0 spiro atoms. The number of rotatable bonds is 7. The van der Waals surface area contributed by atoms with E-state index in [1.165, 1.54) is 17.2 Å². The molecule has 2 aliphatic heterocycles. The van der Waals surface area contributed by atoms with E-state index in [1.54, 1.807) is 0 Å². The number of hydrogen-bond donors (Lipinski definition) is 2. The fraction of sp³-hybridized carbons (Fsp3) is 0.600. The lowest BCUT2D eigenvalue weighted by Gasteiger charge is -2.34. The van der Waals surface area contributed by atoms with Crippen molar-refractivity contribution in [2.75, 3.05) is 0 Å². The third-order valence-corrected chi connectivity index (χ3v) is 6.73. The van der Waals surface area contributed by atoms with Crippen LogP contribution in [0.1, 0.15) is 72.6 Å². The Morgan fingerprint density at radius 1 is 1.23 bits per heavy atom. The molecule has 3 unspecified atom stereocenters. The van der Waals surface area contributed by atoms with Crippen LogP contribution >= 0.6 is 0 Å². The van der Waals surface area contributed by atoms with Crippen LogP contribution in [0, 0.1) is 5.41 Å². The highest BCUT2D eigenvalue weighted by Crippen LogP contribution is 2.41. The van der Waals surface area contributed by atoms with E-state index in [1.807, 2.05) is 13.0 Å². The van der Waals surface area contributed by atoms with Gasteiger partial charge in [-0.25, -0.2) is 4.79 Å². The summed E-state index contributed by atoms with van der Waals surface area (Å²) in [6.07, 6.45) is 7.75. The van der Waals surface area contributed by atoms with Crippen molar-refractivity contribution < 1.29 is 29.3 Å². The maximum Gasteiger partial charge on any atom is 0.333 e. The molecule has 2 N–H and O–H groups in total. The quantitative estimate of drug-likeness (QED) is 0.468. The van der Waals surface area contributed by atoms with Crippen LogP contribution in [-0.2, 0) is 19.1 Å². The fourth-order valence-corrected chi connectivity index (χ4v) is 4.65. The predicted octanol–water partition coefficient (Wildman–Crippen LogP) is 4.03. The minimum Gasteiger partial charge on any atom is -0.429 e. The van der Waals surface area contributed by atoms with Crippen molar-refractivity contribution in [3.05, 3.63) is 46.1 Å². The van der Waals surface area contributed by atoms with Crippen LogP contribution in [-0.4, -0.2) is 40.6 Å². The lowest BCUT2D eigenvalue weighted by atomic mass is 9.70. The van der Waals surface area contributed by atoms with Gasteiger partial charge >= 0.3 is 5.97 Å². The Morgan fingerprint density at radius 2 is 1.97 bits per heavy atom. The summed E-state index contributed by atoms with van der Waals surface area (Å²) in [6.45, 7) is 8.52. The van der Waals surface area contributed by atoms with Gasteiger partial charge in [0.05, 0.1) is 6.10 Å². The van der Waals surface area contributed by atoms with E-state index < -0.39 is 24.7 Å². The molecular weight excluding hydrogens is 396 g/mol. The molecular formula is C25H34O6. The van der Waals surface area contributed by atoms with Crippen LogP contribution in [0.25, 0.3) is 0 Å². The first-order valence-corrected chi connectivity index (χ1v) is 11.1. The average Bonchev–Trinajstić information content (AvgIpc) is 3.04. The van der Waals surface area contributed by atoms with Gasteiger partial charge in [-0.2, -0.15) is 0 Å². The molecule has 3 atom stereocenters. The Bertz CT molecular complexity index is 857. The minimum atomic E-state index is -1.30. The zero-order valence-corrected chi connectivity index (χ0v) is 18.9. The Hall–Kier alpha value is -2.02. The molecule has 3 aliphatic rings. The summed E-state index contributed by atoms with van der Waals surface area (Å²) in [5, 5.41) is 20.1. The highest BCUT2D eigenvalue weighted by molar-refractivity contribution is 5.96. The maximum absolute atomic E-state index is 12.1. The van der Waals surface area contributed by atoms with Gasteiger partial charge in [0.1, 0.15) is 0 Å². The molecule has 0 amide bonds. The van der Waals surface area contributed by atoms with Crippen LogP contribution in [0.5, 0.6) is 0 Å². The summed E-state index contributed by atoms with van der Waals surface area (Å²) in [5.74, 6) is -0.313. The molecule has 0 saturated carbocycles. The summed E-state index contributed by atoms with van der Waals surface area (Å²) < 4.78 is 10.3. The molecule has 1 aliphatic carbocycles. The summed E-state index contributed by atoms with van der Waals surface area (Å²) in [6, 6.07) is 0. The molecule has 3 rings (SSSR count). The number of ketones is 1. The molecule has 2 heterocycles. The second-order valence-electron chi connectivity index (χ2n) is 9.43. The number of ether oxygens (including phenoxy) is 2. The van der Waals surface area contributed by atoms with Crippen LogP contribution in [0.15, 0.2) is 46.1 Å². The van der Waals surface area contributed by atoms with Crippen LogP contribution < -0.4 is 0 Å². The third-order valence-electron chi connectivity index (χ3n) is 6.73. The lowest BCUT2D eigenvalue weighted by molar-refractivity contribution is -0.155. The van der Waals surface area contributed by atoms with Gasteiger partial charge in [-0.1, -0.05) is 37.1 Å². The van der Waals surface area contributed by atoms with Crippen LogP contribution in [0.4, 0.5) is 0 Å². The highest BCUT2D eigenvalue weighted by atomic mass is 16.6. The monoisotopic (exact) mass is 430 g/mol. The summed E-state index contributed by atoms with van der Waals surface area (Å²) in [5.41, 5.74) is 4.74. The van der Waals surface area contributed by atoms with Crippen molar-refractivity contribution in [2.45, 2.75) is 91.3 Å². The summed E-state index contributed by atoms with van der Waals surface area (Å²) in [7, 11) is 0. The molecule has 0 aromatic carbocycles. The van der Waals surface area contributed by atoms with Crippen molar-refractivity contribution in [3.63, 3.8) is 0 Å². The van der Waals surface area contributed by atoms with Gasteiger partial charge in [0.2, 0.25) is 6.29 Å². The Kier molecular flexibility index (Phi) is 7.35. The van der Waals surface area contributed by atoms with E-state index >= 15 is 0 Å². The number of hydrogen-bond acceptors (Lipinski definition) is 6. The van der Waals surface area contributed by atoms with Crippen LogP contribution in [0.3, 0.4) is 0 Å². The fourth-order valence-electron chi connectivity index (χ4n) is 4.65. The molecule has 0 bridgehead atoms. The molecule has 6 nitrogen and oxygen atoms in total. The van der Waals surface area contributed by atoms with Gasteiger partial charge in [0, 0.05) is 18.1 Å². The van der Waals surface area contributed by atoms with Gasteiger partial charge in [-0.05, 0) is 68.9 Å². The van der Waals surface area contributed by atoms with E-state index in [4.69, 9.17) is 4.74 Å². The van der Waals surface area contributed by atoms with E-state index in [0.29, 0.717) is 24.8 Å². The topological polar surface area (TPSA) is 93.1 Å². The van der Waals surface area contributed by atoms with Gasteiger partial charge < -0.3 is 19.7 Å². The Morgan fingerprint density at radius 3 is 2.61 bits per heavy atom. The third kappa shape index (κ3) is 5.62. The van der Waals surface area contributed by atoms with Crippen LogP contribution in [0.2, 0.25) is 0 Å². The number of carbonyl (C=O) groups excluding carboxylic acids is 2. The number of aliphatic hydroxyl groups is 2. The first-order valence-electron chi connectivity index (χ1n) is 11.1. The van der Waals surface area contributed by atoms with Crippen molar-refractivity contribution >= 4 is 11.8 Å². The van der Waals surface area contributed by atoms with Crippen molar-refractivity contribution in [2.24, 2.45) is 5.41 Å². The Balaban J connectivity index is 1.51. The number of esters is 1. The first-order chi connectivity index (χ1) is 14.6. The van der Waals surface area contributed by atoms with Gasteiger partial charge in [0.25, 0.3) is 0 Å². The zero-order chi connectivity index (χ0) is 22.8. The maximum atomic E-state index is 12.1.